The molecule has 0 amide bonds. The van der Waals surface area contributed by atoms with Crippen molar-refractivity contribution >= 4 is 29.0 Å². The van der Waals surface area contributed by atoms with E-state index in [2.05, 4.69) is 78.6 Å². The number of rotatable bonds is 5. The van der Waals surface area contributed by atoms with E-state index >= 15 is 0 Å². The molecule has 0 N–H and O–H groups in total. The molecule has 0 saturated heterocycles. The number of hydrogen-bond donors (Lipinski definition) is 0. The van der Waals surface area contributed by atoms with Crippen LogP contribution in [-0.2, 0) is 4.79 Å². The first-order valence-corrected chi connectivity index (χ1v) is 9.85. The van der Waals surface area contributed by atoms with E-state index in [1.807, 2.05) is 18.2 Å². The van der Waals surface area contributed by atoms with Gasteiger partial charge in [0.1, 0.15) is 23.2 Å². The molecule has 3 rings (SSSR count). The van der Waals surface area contributed by atoms with Gasteiger partial charge in [-0.15, -0.1) is 0 Å². The molecule has 0 spiro atoms. The van der Waals surface area contributed by atoms with Crippen LogP contribution < -0.4 is 32.9 Å². The maximum absolute atomic E-state index is 11.7. The third-order valence-electron chi connectivity index (χ3n) is 4.02. The fraction of sp³-hybridized carbons (Fsp3) is 0.0455. The van der Waals surface area contributed by atoms with Gasteiger partial charge in [0, 0.05) is 6.08 Å². The van der Waals surface area contributed by atoms with E-state index in [-0.39, 0.29) is 22.8 Å². The molecule has 0 bridgehead atoms. The molecular formula is C22H20BrOP. The summed E-state index contributed by atoms with van der Waals surface area (Å²) < 4.78 is 0. The summed E-state index contributed by atoms with van der Waals surface area (Å²) in [5, 5.41) is 3.75. The molecule has 0 aliphatic heterocycles. The van der Waals surface area contributed by atoms with Crippen LogP contribution in [0.5, 0.6) is 0 Å². The molecule has 3 heteroatoms. The van der Waals surface area contributed by atoms with Gasteiger partial charge in [-0.05, 0) is 43.3 Å². The maximum atomic E-state index is 11.7. The lowest BCUT2D eigenvalue weighted by atomic mass is 10.4. The molecule has 3 aromatic carbocycles. The van der Waals surface area contributed by atoms with Gasteiger partial charge >= 0.3 is 0 Å². The Hall–Kier alpha value is -2.02. The fourth-order valence-corrected chi connectivity index (χ4v) is 6.68. The highest BCUT2D eigenvalue weighted by molar-refractivity contribution is 7.98. The quantitative estimate of drug-likeness (QED) is 0.454. The first-order valence-electron chi connectivity index (χ1n) is 7.99. The van der Waals surface area contributed by atoms with Gasteiger partial charge in [0.25, 0.3) is 0 Å². The van der Waals surface area contributed by atoms with Crippen LogP contribution in [-0.4, -0.2) is 5.78 Å². The minimum Gasteiger partial charge on any atom is -1.00 e. The maximum Gasteiger partial charge on any atom is 0.155 e. The molecule has 0 aliphatic carbocycles. The first-order chi connectivity index (χ1) is 11.7. The first kappa shape index (κ1) is 19.3. The van der Waals surface area contributed by atoms with Crippen molar-refractivity contribution in [3.05, 3.63) is 103 Å². The van der Waals surface area contributed by atoms with Gasteiger partial charge in [-0.2, -0.15) is 0 Å². The molecule has 0 aliphatic rings. The Bertz CT molecular complexity index is 733. The molecule has 25 heavy (non-hydrogen) atoms. The smallest absolute Gasteiger partial charge is 0.155 e. The Morgan fingerprint density at radius 2 is 1.00 bits per heavy atom. The summed E-state index contributed by atoms with van der Waals surface area (Å²) in [6.45, 7) is 1.60. The Balaban J connectivity index is 0.00000225. The second-order valence-electron chi connectivity index (χ2n) is 5.66. The molecule has 1 nitrogen and oxygen atoms in total. The highest BCUT2D eigenvalue weighted by Gasteiger charge is 2.43. The molecule has 0 radical (unpaired) electrons. The molecule has 0 atom stereocenters. The highest BCUT2D eigenvalue weighted by Crippen LogP contribution is 2.56. The minimum atomic E-state index is -2.01. The summed E-state index contributed by atoms with van der Waals surface area (Å²) in [5.41, 5.74) is 0. The standard InChI is InChI=1S/C22H20OP.BrH/c1-19(23)17-18-24(20-11-5-2-6-12-20,21-13-7-3-8-14-21)22-15-9-4-10-16-22;/h2-18H,1H3;1H/q+1;/p-1/b18-17+;. The normalized spacial score (nSPS) is 11.1. The molecule has 3 aromatic rings. The van der Waals surface area contributed by atoms with Crippen molar-refractivity contribution in [3.63, 3.8) is 0 Å². The van der Waals surface area contributed by atoms with Crippen LogP contribution in [0.3, 0.4) is 0 Å². The van der Waals surface area contributed by atoms with Gasteiger partial charge in [-0.1, -0.05) is 54.6 Å². The van der Waals surface area contributed by atoms with Crippen molar-refractivity contribution in [2.24, 2.45) is 0 Å². The minimum absolute atomic E-state index is 0. The van der Waals surface area contributed by atoms with Crippen molar-refractivity contribution in [2.75, 3.05) is 0 Å². The zero-order valence-electron chi connectivity index (χ0n) is 14.0. The Morgan fingerprint density at radius 3 is 1.28 bits per heavy atom. The molecule has 0 heterocycles. The Kier molecular flexibility index (Phi) is 6.87. The van der Waals surface area contributed by atoms with E-state index in [1.165, 1.54) is 15.9 Å². The number of ketones is 1. The van der Waals surface area contributed by atoms with E-state index in [0.29, 0.717) is 0 Å². The molecule has 126 valence electrons. The number of benzene rings is 3. The number of allylic oxidation sites excluding steroid dienone is 1. The van der Waals surface area contributed by atoms with E-state index in [0.717, 1.165) is 0 Å². The molecule has 0 fully saturated rings. The van der Waals surface area contributed by atoms with Crippen molar-refractivity contribution in [1.82, 2.24) is 0 Å². The van der Waals surface area contributed by atoms with E-state index in [9.17, 15) is 4.79 Å². The van der Waals surface area contributed by atoms with Crippen LogP contribution in [0.25, 0.3) is 0 Å². The van der Waals surface area contributed by atoms with Gasteiger partial charge in [0.05, 0.1) is 5.82 Å². The number of hydrogen-bond acceptors (Lipinski definition) is 1. The predicted octanol–water partition coefficient (Wildman–Crippen LogP) is 1.09. The SMILES string of the molecule is CC(=O)/C=C/[P+](c1ccccc1)(c1ccccc1)c1ccccc1.[Br-]. The zero-order valence-corrected chi connectivity index (χ0v) is 16.5. The van der Waals surface area contributed by atoms with Gasteiger partial charge in [-0.3, -0.25) is 4.79 Å². The van der Waals surface area contributed by atoms with Crippen LogP contribution >= 0.6 is 7.26 Å². The summed E-state index contributed by atoms with van der Waals surface area (Å²) in [7, 11) is -2.01. The van der Waals surface area contributed by atoms with E-state index in [4.69, 9.17) is 0 Å². The van der Waals surface area contributed by atoms with Crippen molar-refractivity contribution in [1.29, 1.82) is 0 Å². The fourth-order valence-electron chi connectivity index (χ4n) is 2.91. The molecule has 0 unspecified atom stereocenters. The lowest BCUT2D eigenvalue weighted by Gasteiger charge is -2.23. The topological polar surface area (TPSA) is 17.1 Å². The van der Waals surface area contributed by atoms with Crippen molar-refractivity contribution in [3.8, 4) is 0 Å². The van der Waals surface area contributed by atoms with Crippen LogP contribution in [0, 0.1) is 0 Å². The summed E-state index contributed by atoms with van der Waals surface area (Å²) >= 11 is 0. The van der Waals surface area contributed by atoms with Crippen LogP contribution in [0.2, 0.25) is 0 Å². The Labute approximate surface area is 160 Å². The van der Waals surface area contributed by atoms with Crippen LogP contribution in [0.1, 0.15) is 6.92 Å². The summed E-state index contributed by atoms with van der Waals surface area (Å²) in [6, 6.07) is 31.5. The Morgan fingerprint density at radius 1 is 0.680 bits per heavy atom. The zero-order chi connectivity index (χ0) is 16.8. The van der Waals surface area contributed by atoms with Crippen molar-refractivity contribution < 1.29 is 21.8 Å². The monoisotopic (exact) mass is 410 g/mol. The average Bonchev–Trinajstić information content (AvgIpc) is 2.65. The third-order valence-corrected chi connectivity index (χ3v) is 7.96. The van der Waals surface area contributed by atoms with Gasteiger partial charge in [-0.25, -0.2) is 0 Å². The van der Waals surface area contributed by atoms with Crippen LogP contribution in [0.4, 0.5) is 0 Å². The summed E-state index contributed by atoms with van der Waals surface area (Å²) in [4.78, 5) is 11.7. The lowest BCUT2D eigenvalue weighted by molar-refractivity contribution is -0.112. The summed E-state index contributed by atoms with van der Waals surface area (Å²) in [5.74, 6) is 2.21. The molecule has 0 aromatic heterocycles. The van der Waals surface area contributed by atoms with Gasteiger partial charge in [0.15, 0.2) is 5.78 Å². The third kappa shape index (κ3) is 4.15. The van der Waals surface area contributed by atoms with E-state index < -0.39 is 7.26 Å². The molecular weight excluding hydrogens is 391 g/mol. The number of carbonyl (C=O) groups is 1. The average molecular weight is 411 g/mol. The molecule has 0 saturated carbocycles. The van der Waals surface area contributed by atoms with Crippen LogP contribution in [0.15, 0.2) is 103 Å². The van der Waals surface area contributed by atoms with Crippen molar-refractivity contribution in [2.45, 2.75) is 6.92 Å². The second-order valence-corrected chi connectivity index (χ2v) is 8.95. The largest absolute Gasteiger partial charge is 1.00 e. The second kappa shape index (κ2) is 8.89. The van der Waals surface area contributed by atoms with E-state index in [1.54, 1.807) is 13.0 Å². The predicted molar refractivity (Wildman–Crippen MR) is 105 cm³/mol. The number of halogens is 1. The number of carbonyl (C=O) groups excluding carboxylic acids is 1. The lowest BCUT2D eigenvalue weighted by Crippen LogP contribution is -3.00. The van der Waals surface area contributed by atoms with Gasteiger partial charge in [0.2, 0.25) is 0 Å². The summed E-state index contributed by atoms with van der Waals surface area (Å²) in [6.07, 6.45) is 1.72. The highest BCUT2D eigenvalue weighted by atomic mass is 79.9. The van der Waals surface area contributed by atoms with Gasteiger partial charge < -0.3 is 17.0 Å².